The van der Waals surface area contributed by atoms with Gasteiger partial charge in [0, 0.05) is 58.2 Å². The van der Waals surface area contributed by atoms with E-state index in [-0.39, 0.29) is 11.8 Å². The number of rotatable bonds is 5. The van der Waals surface area contributed by atoms with Crippen molar-refractivity contribution < 1.29 is 9.59 Å². The molecule has 1 aromatic heterocycles. The number of fused-ring (bicyclic) bond motifs is 1. The number of amides is 2. The molecule has 1 saturated heterocycles. The Labute approximate surface area is 188 Å². The second kappa shape index (κ2) is 9.01. The Morgan fingerprint density at radius 3 is 2.09 bits per heavy atom. The Balaban J connectivity index is 1.11. The van der Waals surface area contributed by atoms with Crippen LogP contribution in [0, 0.1) is 0 Å². The predicted molar refractivity (Wildman–Crippen MR) is 123 cm³/mol. The largest absolute Gasteiger partial charge is 0.349 e. The van der Waals surface area contributed by atoms with E-state index in [0.29, 0.717) is 32.7 Å². The van der Waals surface area contributed by atoms with Crippen LogP contribution in [0.5, 0.6) is 0 Å². The summed E-state index contributed by atoms with van der Waals surface area (Å²) >= 11 is 0. The van der Waals surface area contributed by atoms with Crippen molar-refractivity contribution in [3.05, 3.63) is 95.3 Å². The first-order valence-electron chi connectivity index (χ1n) is 11.2. The van der Waals surface area contributed by atoms with Crippen LogP contribution in [0.25, 0.3) is 0 Å². The Bertz CT molecular complexity index is 1070. The zero-order valence-corrected chi connectivity index (χ0v) is 18.2. The number of hydrogen-bond donors (Lipinski definition) is 0. The van der Waals surface area contributed by atoms with Crippen molar-refractivity contribution in [3.63, 3.8) is 0 Å². The van der Waals surface area contributed by atoms with Crippen molar-refractivity contribution >= 4 is 11.8 Å². The molecule has 5 rings (SSSR count). The summed E-state index contributed by atoms with van der Waals surface area (Å²) < 4.78 is 2.05. The van der Waals surface area contributed by atoms with E-state index in [1.807, 2.05) is 63.2 Å². The molecule has 3 aromatic rings. The van der Waals surface area contributed by atoms with Crippen molar-refractivity contribution in [2.24, 2.45) is 0 Å². The fraction of sp³-hybridized carbons (Fsp3) is 0.308. The number of aromatic nitrogens is 1. The zero-order chi connectivity index (χ0) is 21.9. The SMILES string of the molecule is O=C(CN1CCN(C(=O)c2ccn(Cc3ccccc3)c2)CC1)N1Cc2ccccc2C1. The fourth-order valence-electron chi connectivity index (χ4n) is 4.55. The lowest BCUT2D eigenvalue weighted by Gasteiger charge is -2.34. The van der Waals surface area contributed by atoms with E-state index < -0.39 is 0 Å². The molecule has 6 nitrogen and oxygen atoms in total. The molecule has 164 valence electrons. The minimum atomic E-state index is 0.0674. The minimum absolute atomic E-state index is 0.0674. The highest BCUT2D eigenvalue weighted by atomic mass is 16.2. The van der Waals surface area contributed by atoms with Crippen LogP contribution >= 0.6 is 0 Å². The molecule has 32 heavy (non-hydrogen) atoms. The van der Waals surface area contributed by atoms with E-state index in [1.165, 1.54) is 16.7 Å². The molecule has 3 heterocycles. The average Bonchev–Trinajstić information content (AvgIpc) is 3.47. The topological polar surface area (TPSA) is 48.8 Å². The summed E-state index contributed by atoms with van der Waals surface area (Å²) in [6.45, 7) is 5.33. The highest BCUT2D eigenvalue weighted by molar-refractivity contribution is 5.94. The third kappa shape index (κ3) is 4.46. The number of nitrogens with zero attached hydrogens (tertiary/aromatic N) is 4. The number of piperazine rings is 1. The molecule has 1 fully saturated rings. The number of carbonyl (C=O) groups is 2. The summed E-state index contributed by atoms with van der Waals surface area (Å²) in [6.07, 6.45) is 3.89. The van der Waals surface area contributed by atoms with Crippen molar-refractivity contribution in [1.82, 2.24) is 19.3 Å². The van der Waals surface area contributed by atoms with E-state index in [1.54, 1.807) is 0 Å². The maximum Gasteiger partial charge on any atom is 0.255 e. The van der Waals surface area contributed by atoms with Gasteiger partial charge >= 0.3 is 0 Å². The van der Waals surface area contributed by atoms with Gasteiger partial charge < -0.3 is 14.4 Å². The lowest BCUT2D eigenvalue weighted by molar-refractivity contribution is -0.133. The molecule has 0 radical (unpaired) electrons. The van der Waals surface area contributed by atoms with Gasteiger partial charge in [-0.15, -0.1) is 0 Å². The van der Waals surface area contributed by atoms with E-state index in [0.717, 1.165) is 25.2 Å². The quantitative estimate of drug-likeness (QED) is 0.628. The normalized spacial score (nSPS) is 16.2. The smallest absolute Gasteiger partial charge is 0.255 e. The zero-order valence-electron chi connectivity index (χ0n) is 18.2. The highest BCUT2D eigenvalue weighted by Crippen LogP contribution is 2.22. The molecule has 2 amide bonds. The summed E-state index contributed by atoms with van der Waals surface area (Å²) in [5, 5.41) is 0. The molecule has 2 aliphatic heterocycles. The van der Waals surface area contributed by atoms with Gasteiger partial charge in [0.15, 0.2) is 0 Å². The van der Waals surface area contributed by atoms with Gasteiger partial charge in [0.25, 0.3) is 5.91 Å². The molecular formula is C26H28N4O2. The molecule has 2 aromatic carbocycles. The standard InChI is InChI=1S/C26H28N4O2/c31-25(30-18-22-8-4-5-9-23(22)19-30)20-27-12-14-29(15-13-27)26(32)24-10-11-28(17-24)16-21-6-2-1-3-7-21/h1-11,17H,12-16,18-20H2. The van der Waals surface area contributed by atoms with Crippen LogP contribution in [0.2, 0.25) is 0 Å². The van der Waals surface area contributed by atoms with Crippen LogP contribution in [0.15, 0.2) is 73.1 Å². The lowest BCUT2D eigenvalue weighted by atomic mass is 10.1. The van der Waals surface area contributed by atoms with Gasteiger partial charge in [-0.1, -0.05) is 54.6 Å². The number of benzene rings is 2. The van der Waals surface area contributed by atoms with Crippen LogP contribution in [0.1, 0.15) is 27.0 Å². The number of carbonyl (C=O) groups excluding carboxylic acids is 2. The van der Waals surface area contributed by atoms with Gasteiger partial charge in [0.1, 0.15) is 0 Å². The molecule has 0 saturated carbocycles. The molecular weight excluding hydrogens is 400 g/mol. The van der Waals surface area contributed by atoms with Crippen molar-refractivity contribution in [2.45, 2.75) is 19.6 Å². The maximum absolute atomic E-state index is 12.9. The summed E-state index contributed by atoms with van der Waals surface area (Å²) in [6, 6.07) is 20.4. The molecule has 0 spiro atoms. The van der Waals surface area contributed by atoms with Crippen LogP contribution in [-0.4, -0.2) is 63.8 Å². The Hall–Kier alpha value is -3.38. The highest BCUT2D eigenvalue weighted by Gasteiger charge is 2.27. The van der Waals surface area contributed by atoms with Crippen LogP contribution in [-0.2, 0) is 24.4 Å². The third-order valence-corrected chi connectivity index (χ3v) is 6.42. The van der Waals surface area contributed by atoms with Crippen molar-refractivity contribution in [2.75, 3.05) is 32.7 Å². The van der Waals surface area contributed by atoms with Crippen LogP contribution in [0.4, 0.5) is 0 Å². The molecule has 0 aliphatic carbocycles. The summed E-state index contributed by atoms with van der Waals surface area (Å²) in [5.74, 6) is 0.233. The average molecular weight is 429 g/mol. The first kappa shape index (κ1) is 20.5. The molecule has 2 aliphatic rings. The van der Waals surface area contributed by atoms with E-state index in [2.05, 4.69) is 29.2 Å². The second-order valence-corrected chi connectivity index (χ2v) is 8.64. The predicted octanol–water partition coefficient (Wildman–Crippen LogP) is 2.84. The summed E-state index contributed by atoms with van der Waals surface area (Å²) in [5.41, 5.74) is 4.42. The second-order valence-electron chi connectivity index (χ2n) is 8.64. The van der Waals surface area contributed by atoms with E-state index in [4.69, 9.17) is 0 Å². The molecule has 0 atom stereocenters. The van der Waals surface area contributed by atoms with Crippen LogP contribution < -0.4 is 0 Å². The lowest BCUT2D eigenvalue weighted by Crippen LogP contribution is -2.51. The van der Waals surface area contributed by atoms with Crippen molar-refractivity contribution in [3.8, 4) is 0 Å². The Morgan fingerprint density at radius 1 is 0.750 bits per heavy atom. The fourth-order valence-corrected chi connectivity index (χ4v) is 4.55. The third-order valence-electron chi connectivity index (χ3n) is 6.42. The monoisotopic (exact) mass is 428 g/mol. The van der Waals surface area contributed by atoms with Crippen LogP contribution in [0.3, 0.4) is 0 Å². The van der Waals surface area contributed by atoms with Gasteiger partial charge in [-0.3, -0.25) is 14.5 Å². The number of hydrogen-bond acceptors (Lipinski definition) is 3. The molecule has 0 bridgehead atoms. The van der Waals surface area contributed by atoms with Gasteiger partial charge in [-0.25, -0.2) is 0 Å². The molecule has 0 N–H and O–H groups in total. The van der Waals surface area contributed by atoms with Crippen molar-refractivity contribution in [1.29, 1.82) is 0 Å². The summed E-state index contributed by atoms with van der Waals surface area (Å²) in [7, 11) is 0. The van der Waals surface area contributed by atoms with Gasteiger partial charge in [-0.2, -0.15) is 0 Å². The van der Waals surface area contributed by atoms with E-state index in [9.17, 15) is 9.59 Å². The first-order chi connectivity index (χ1) is 15.7. The van der Waals surface area contributed by atoms with Gasteiger partial charge in [-0.05, 0) is 22.8 Å². The summed E-state index contributed by atoms with van der Waals surface area (Å²) in [4.78, 5) is 31.7. The Morgan fingerprint density at radius 2 is 1.41 bits per heavy atom. The Kier molecular flexibility index (Phi) is 5.77. The molecule has 0 unspecified atom stereocenters. The minimum Gasteiger partial charge on any atom is -0.349 e. The van der Waals surface area contributed by atoms with Gasteiger partial charge in [0.2, 0.25) is 5.91 Å². The van der Waals surface area contributed by atoms with E-state index >= 15 is 0 Å². The first-order valence-corrected chi connectivity index (χ1v) is 11.2. The molecule has 6 heteroatoms. The van der Waals surface area contributed by atoms with Gasteiger partial charge in [0.05, 0.1) is 12.1 Å². The maximum atomic E-state index is 12.9.